The summed E-state index contributed by atoms with van der Waals surface area (Å²) in [5, 5.41) is 22.9. The summed E-state index contributed by atoms with van der Waals surface area (Å²) in [6.07, 6.45) is 1.81. The zero-order valence-corrected chi connectivity index (χ0v) is 10.9. The Morgan fingerprint density at radius 1 is 1.65 bits per heavy atom. The van der Waals surface area contributed by atoms with Crippen LogP contribution in [-0.2, 0) is 5.75 Å². The molecule has 1 aromatic rings. The van der Waals surface area contributed by atoms with Crippen molar-refractivity contribution in [1.29, 1.82) is 5.26 Å². The Bertz CT molecular complexity index is 408. The lowest BCUT2D eigenvalue weighted by molar-refractivity contribution is 0.930. The number of nitrogens with one attached hydrogen (secondary N) is 2. The van der Waals surface area contributed by atoms with Crippen molar-refractivity contribution in [2.24, 2.45) is 4.99 Å². The molecule has 1 aromatic heterocycles. The number of aromatic nitrogens is 2. The maximum atomic E-state index is 8.41. The van der Waals surface area contributed by atoms with Crippen LogP contribution in [0.25, 0.3) is 0 Å². The fourth-order valence-corrected chi connectivity index (χ4v) is 2.47. The van der Waals surface area contributed by atoms with E-state index in [4.69, 9.17) is 11.0 Å². The second kappa shape index (κ2) is 7.70. The number of nitrogens with zero attached hydrogens (tertiary/aromatic N) is 4. The normalized spacial score (nSPS) is 10.9. The van der Waals surface area contributed by atoms with E-state index in [0.29, 0.717) is 11.1 Å². The zero-order chi connectivity index (χ0) is 12.5. The molecule has 0 radical (unpaired) electrons. The van der Waals surface area contributed by atoms with E-state index in [0.717, 1.165) is 23.1 Å². The number of nitriles is 1. The van der Waals surface area contributed by atoms with E-state index >= 15 is 0 Å². The van der Waals surface area contributed by atoms with E-state index in [1.807, 2.05) is 6.19 Å². The van der Waals surface area contributed by atoms with Crippen molar-refractivity contribution in [3.05, 3.63) is 5.01 Å². The molecule has 7 nitrogen and oxygen atoms in total. The van der Waals surface area contributed by atoms with Gasteiger partial charge in [-0.1, -0.05) is 11.3 Å². The summed E-state index contributed by atoms with van der Waals surface area (Å²) >= 11 is 3.11. The fraction of sp³-hybridized carbons (Fsp3) is 0.500. The predicted molar refractivity (Wildman–Crippen MR) is 70.6 cm³/mol. The maximum absolute atomic E-state index is 8.41. The molecule has 4 N–H and O–H groups in total. The van der Waals surface area contributed by atoms with Gasteiger partial charge in [0.15, 0.2) is 6.19 Å². The number of hydrogen-bond acceptors (Lipinski definition) is 7. The summed E-state index contributed by atoms with van der Waals surface area (Å²) < 4.78 is 0. The van der Waals surface area contributed by atoms with E-state index in [1.165, 1.54) is 11.3 Å². The van der Waals surface area contributed by atoms with E-state index in [1.54, 1.807) is 18.8 Å². The van der Waals surface area contributed by atoms with E-state index in [2.05, 4.69) is 25.8 Å². The van der Waals surface area contributed by atoms with Gasteiger partial charge in [0.2, 0.25) is 11.1 Å². The third kappa shape index (κ3) is 5.37. The molecule has 0 unspecified atom stereocenters. The van der Waals surface area contributed by atoms with Crippen molar-refractivity contribution in [2.75, 3.05) is 25.1 Å². The van der Waals surface area contributed by atoms with Crippen LogP contribution in [-0.4, -0.2) is 35.5 Å². The maximum Gasteiger partial charge on any atom is 0.204 e. The quantitative estimate of drug-likeness (QED) is 0.227. The van der Waals surface area contributed by atoms with Gasteiger partial charge < -0.3 is 11.1 Å². The first kappa shape index (κ1) is 13.5. The Morgan fingerprint density at radius 3 is 3.06 bits per heavy atom. The largest absolute Gasteiger partial charge is 0.374 e. The third-order valence-corrected chi connectivity index (χ3v) is 3.55. The zero-order valence-electron chi connectivity index (χ0n) is 9.30. The van der Waals surface area contributed by atoms with Crippen LogP contribution in [0.5, 0.6) is 0 Å². The highest BCUT2D eigenvalue weighted by molar-refractivity contribution is 7.98. The minimum Gasteiger partial charge on any atom is -0.374 e. The predicted octanol–water partition coefficient (Wildman–Crippen LogP) is -0.000420. The van der Waals surface area contributed by atoms with Crippen molar-refractivity contribution in [3.63, 3.8) is 0 Å². The molecule has 1 heterocycles. The number of thioether (sulfide) groups is 1. The third-order valence-electron chi connectivity index (χ3n) is 1.64. The number of hydrogen-bond donors (Lipinski definition) is 3. The van der Waals surface area contributed by atoms with Crippen LogP contribution in [0, 0.1) is 11.5 Å². The van der Waals surface area contributed by atoms with E-state index < -0.39 is 0 Å². The molecule has 17 heavy (non-hydrogen) atoms. The van der Waals surface area contributed by atoms with Crippen LogP contribution >= 0.6 is 23.1 Å². The molecule has 0 amide bonds. The van der Waals surface area contributed by atoms with Crippen LogP contribution in [0.3, 0.4) is 0 Å². The topological polar surface area (TPSA) is 112 Å². The Balaban J connectivity index is 2.11. The molecule has 0 bridgehead atoms. The molecule has 0 fully saturated rings. The molecular formula is C8H13N7S2. The summed E-state index contributed by atoms with van der Waals surface area (Å²) in [6, 6.07) is 0. The van der Waals surface area contributed by atoms with Crippen molar-refractivity contribution >= 4 is 34.2 Å². The van der Waals surface area contributed by atoms with Gasteiger partial charge in [0.05, 0.1) is 0 Å². The average Bonchev–Trinajstić information content (AvgIpc) is 2.73. The number of anilines is 1. The highest BCUT2D eigenvalue weighted by Gasteiger charge is 2.01. The Labute approximate surface area is 108 Å². The standard InChI is InChI=1S/C8H13N7S2/c1-11-8(13-5-9)12-2-3-16-4-6-14-15-7(10)17-6/h2-4H2,1H3,(H2,10,15)(H2,11,12,13). The van der Waals surface area contributed by atoms with Crippen LogP contribution in [0.1, 0.15) is 5.01 Å². The summed E-state index contributed by atoms with van der Waals surface area (Å²) in [4.78, 5) is 3.86. The molecular weight excluding hydrogens is 258 g/mol. The highest BCUT2D eigenvalue weighted by atomic mass is 32.2. The molecule has 0 spiro atoms. The summed E-state index contributed by atoms with van der Waals surface area (Å²) in [5.74, 6) is 2.15. The molecule has 92 valence electrons. The van der Waals surface area contributed by atoms with Crippen LogP contribution in [0.2, 0.25) is 0 Å². The number of rotatable bonds is 5. The van der Waals surface area contributed by atoms with Gasteiger partial charge in [-0.2, -0.15) is 17.0 Å². The second-order valence-electron chi connectivity index (χ2n) is 2.82. The van der Waals surface area contributed by atoms with Gasteiger partial charge in [0.25, 0.3) is 0 Å². The Kier molecular flexibility index (Phi) is 6.13. The Hall–Kier alpha value is -1.53. The van der Waals surface area contributed by atoms with Gasteiger partial charge in [-0.3, -0.25) is 10.3 Å². The lowest BCUT2D eigenvalue weighted by Gasteiger charge is -2.05. The molecule has 0 aliphatic heterocycles. The van der Waals surface area contributed by atoms with Crippen LogP contribution in [0.4, 0.5) is 5.13 Å². The van der Waals surface area contributed by atoms with E-state index in [-0.39, 0.29) is 0 Å². The van der Waals surface area contributed by atoms with E-state index in [9.17, 15) is 0 Å². The van der Waals surface area contributed by atoms with Crippen molar-refractivity contribution in [1.82, 2.24) is 20.8 Å². The smallest absolute Gasteiger partial charge is 0.204 e. The Morgan fingerprint density at radius 2 is 2.47 bits per heavy atom. The summed E-state index contributed by atoms with van der Waals surface area (Å²) in [7, 11) is 1.61. The van der Waals surface area contributed by atoms with Gasteiger partial charge in [-0.15, -0.1) is 10.2 Å². The molecule has 0 aromatic carbocycles. The van der Waals surface area contributed by atoms with Gasteiger partial charge in [-0.25, -0.2) is 0 Å². The van der Waals surface area contributed by atoms with Gasteiger partial charge in [0.1, 0.15) is 5.01 Å². The molecule has 0 saturated heterocycles. The number of guanidine groups is 1. The highest BCUT2D eigenvalue weighted by Crippen LogP contribution is 2.17. The molecule has 0 aliphatic rings. The first-order valence-electron chi connectivity index (χ1n) is 4.77. The molecule has 9 heteroatoms. The monoisotopic (exact) mass is 271 g/mol. The number of nitrogen functional groups attached to an aromatic ring is 1. The summed E-state index contributed by atoms with van der Waals surface area (Å²) in [6.45, 7) is 0.723. The SMILES string of the molecule is CN=C(NC#N)NCCSCc1nnc(N)s1. The van der Waals surface area contributed by atoms with Crippen LogP contribution in [0.15, 0.2) is 4.99 Å². The first-order chi connectivity index (χ1) is 8.26. The second-order valence-corrected chi connectivity index (χ2v) is 5.02. The lowest BCUT2D eigenvalue weighted by Crippen LogP contribution is -2.35. The number of aliphatic imine (C=N–C) groups is 1. The van der Waals surface area contributed by atoms with Crippen LogP contribution < -0.4 is 16.4 Å². The number of nitrogens with two attached hydrogens (primary N) is 1. The lowest BCUT2D eigenvalue weighted by atomic mass is 10.7. The first-order valence-corrected chi connectivity index (χ1v) is 6.74. The minimum absolute atomic E-state index is 0.480. The van der Waals surface area contributed by atoms with Gasteiger partial charge in [0, 0.05) is 25.1 Å². The van der Waals surface area contributed by atoms with Crippen molar-refractivity contribution < 1.29 is 0 Å². The summed E-state index contributed by atoms with van der Waals surface area (Å²) in [5.41, 5.74) is 5.47. The fourth-order valence-electron chi connectivity index (χ4n) is 0.958. The van der Waals surface area contributed by atoms with Crippen molar-refractivity contribution in [3.8, 4) is 6.19 Å². The molecule has 0 aliphatic carbocycles. The molecule has 0 atom stereocenters. The van der Waals surface area contributed by atoms with Gasteiger partial charge in [-0.05, 0) is 0 Å². The minimum atomic E-state index is 0.480. The molecule has 1 rings (SSSR count). The molecule has 0 saturated carbocycles. The average molecular weight is 271 g/mol. The van der Waals surface area contributed by atoms with Crippen molar-refractivity contribution in [2.45, 2.75) is 5.75 Å². The van der Waals surface area contributed by atoms with Gasteiger partial charge >= 0.3 is 0 Å².